The van der Waals surface area contributed by atoms with Crippen molar-refractivity contribution in [2.45, 2.75) is 177 Å². The fraction of sp³-hybridized carbons (Fsp3) is 0.562. The number of carbonyl (C=O) groups is 3. The van der Waals surface area contributed by atoms with Crippen LogP contribution in [-0.2, 0) is 35.9 Å². The van der Waals surface area contributed by atoms with Crippen molar-refractivity contribution >= 4 is 17.7 Å². The summed E-state index contributed by atoms with van der Waals surface area (Å²) >= 11 is 0. The van der Waals surface area contributed by atoms with Gasteiger partial charge >= 0.3 is 0 Å². The molecule has 0 unspecified atom stereocenters. The van der Waals surface area contributed by atoms with Crippen molar-refractivity contribution in [1.82, 2.24) is 20.9 Å². The molecule has 58 heavy (non-hydrogen) atoms. The minimum Gasteiger partial charge on any atom is -0.872 e. The summed E-state index contributed by atoms with van der Waals surface area (Å²) in [6.07, 6.45) is 0. The molecule has 0 bridgehead atoms. The van der Waals surface area contributed by atoms with Crippen LogP contribution in [-0.4, -0.2) is 39.2 Å². The normalized spacial score (nSPS) is 13.1. The molecule has 320 valence electrons. The van der Waals surface area contributed by atoms with E-state index in [1.54, 1.807) is 36.4 Å². The zero-order valence-electron chi connectivity index (χ0n) is 38.5. The quantitative estimate of drug-likeness (QED) is 0.201. The molecule has 0 aromatic heterocycles. The molecule has 0 aliphatic carbocycles. The lowest BCUT2D eigenvalue weighted by Gasteiger charge is -2.34. The summed E-state index contributed by atoms with van der Waals surface area (Å²) in [6, 6.07) is 10.3. The number of amides is 3. The molecular formula is C48H69N4O6-3. The predicted octanol–water partition coefficient (Wildman–Crippen LogP) is 7.59. The second-order valence-electron chi connectivity index (χ2n) is 22.0. The van der Waals surface area contributed by atoms with Crippen LogP contribution in [0.3, 0.4) is 0 Å². The van der Waals surface area contributed by atoms with E-state index in [0.717, 1.165) is 16.7 Å². The highest BCUT2D eigenvalue weighted by Gasteiger charge is 2.27. The van der Waals surface area contributed by atoms with Gasteiger partial charge in [-0.05, 0) is 130 Å². The van der Waals surface area contributed by atoms with Gasteiger partial charge in [0.25, 0.3) is 17.7 Å². The van der Waals surface area contributed by atoms with Crippen molar-refractivity contribution in [3.8, 4) is 17.2 Å². The summed E-state index contributed by atoms with van der Waals surface area (Å²) in [5.74, 6) is -2.90. The van der Waals surface area contributed by atoms with Crippen molar-refractivity contribution in [3.63, 3.8) is 0 Å². The SMILES string of the molecule is CC(C)(C)NC(=O)c1cc(C(C)(C)C)cc(CN(Cc2cc(C(C)(C)C)cc(C(=O)NC(C)(C)C)c2[O-])Cc2cc(C(C)(C)C)cc(C(=O)NC(C)(C)C)c2[O-])c1[O-]. The van der Waals surface area contributed by atoms with E-state index >= 15 is 0 Å². The van der Waals surface area contributed by atoms with Crippen molar-refractivity contribution in [2.24, 2.45) is 0 Å². The van der Waals surface area contributed by atoms with Gasteiger partial charge in [0, 0.05) is 52.9 Å². The summed E-state index contributed by atoms with van der Waals surface area (Å²) in [4.78, 5) is 42.8. The third-order valence-corrected chi connectivity index (χ3v) is 9.48. The number of nitrogens with one attached hydrogen (secondary N) is 3. The van der Waals surface area contributed by atoms with E-state index in [0.29, 0.717) is 16.7 Å². The molecule has 0 saturated carbocycles. The van der Waals surface area contributed by atoms with E-state index in [1.807, 2.05) is 130 Å². The first-order chi connectivity index (χ1) is 26.0. The van der Waals surface area contributed by atoms with E-state index in [4.69, 9.17) is 0 Å². The molecule has 0 saturated heterocycles. The topological polar surface area (TPSA) is 160 Å². The fourth-order valence-electron chi connectivity index (χ4n) is 6.34. The highest BCUT2D eigenvalue weighted by atomic mass is 16.3. The maximum Gasteiger partial charge on any atom is 0.251 e. The van der Waals surface area contributed by atoms with Gasteiger partial charge in [-0.1, -0.05) is 97.8 Å². The van der Waals surface area contributed by atoms with Crippen LogP contribution in [0.25, 0.3) is 0 Å². The number of nitrogens with zero attached hydrogens (tertiary/aromatic N) is 1. The average Bonchev–Trinajstić information content (AvgIpc) is 2.99. The van der Waals surface area contributed by atoms with Crippen LogP contribution in [0.4, 0.5) is 0 Å². The van der Waals surface area contributed by atoms with Gasteiger partial charge < -0.3 is 31.3 Å². The molecule has 3 aromatic rings. The van der Waals surface area contributed by atoms with E-state index < -0.39 is 67.8 Å². The molecule has 3 N–H and O–H groups in total. The number of hydrogen-bond acceptors (Lipinski definition) is 7. The Morgan fingerprint density at radius 1 is 0.414 bits per heavy atom. The molecule has 0 fully saturated rings. The second kappa shape index (κ2) is 16.6. The summed E-state index contributed by atoms with van der Waals surface area (Å²) in [6.45, 7) is 34.4. The third-order valence-electron chi connectivity index (χ3n) is 9.48. The highest BCUT2D eigenvalue weighted by Crippen LogP contribution is 2.36. The highest BCUT2D eigenvalue weighted by molar-refractivity contribution is 5.99. The third kappa shape index (κ3) is 13.0. The Balaban J connectivity index is 2.40. The average molecular weight is 798 g/mol. The van der Waals surface area contributed by atoms with Gasteiger partial charge in [-0.3, -0.25) is 19.3 Å². The number of carbonyl (C=O) groups excluding carboxylic acids is 3. The Morgan fingerprint density at radius 2 is 0.621 bits per heavy atom. The second-order valence-corrected chi connectivity index (χ2v) is 22.0. The Bertz CT molecular complexity index is 1790. The van der Waals surface area contributed by atoms with E-state index in [9.17, 15) is 29.7 Å². The van der Waals surface area contributed by atoms with Gasteiger partial charge in [0.2, 0.25) is 0 Å². The summed E-state index contributed by atoms with van der Waals surface area (Å²) < 4.78 is 0. The minimum absolute atomic E-state index is 0.00179. The monoisotopic (exact) mass is 798 g/mol. The van der Waals surface area contributed by atoms with Crippen molar-refractivity contribution in [1.29, 1.82) is 0 Å². The van der Waals surface area contributed by atoms with Crippen molar-refractivity contribution in [2.75, 3.05) is 0 Å². The van der Waals surface area contributed by atoms with Gasteiger partial charge in [0.15, 0.2) is 0 Å². The van der Waals surface area contributed by atoms with Gasteiger partial charge in [-0.15, -0.1) is 0 Å². The first-order valence-corrected chi connectivity index (χ1v) is 20.2. The smallest absolute Gasteiger partial charge is 0.251 e. The van der Waals surface area contributed by atoms with Crippen LogP contribution in [0.15, 0.2) is 36.4 Å². The molecular weight excluding hydrogens is 729 g/mol. The first-order valence-electron chi connectivity index (χ1n) is 20.2. The fourth-order valence-corrected chi connectivity index (χ4v) is 6.34. The maximum atomic E-state index is 14.4. The van der Waals surface area contributed by atoms with Crippen molar-refractivity contribution in [3.05, 3.63) is 86.5 Å². The molecule has 3 aromatic carbocycles. The van der Waals surface area contributed by atoms with Crippen molar-refractivity contribution < 1.29 is 29.7 Å². The molecule has 0 atom stereocenters. The lowest BCUT2D eigenvalue weighted by molar-refractivity contribution is -0.270. The molecule has 0 aliphatic rings. The molecule has 3 amide bonds. The van der Waals surface area contributed by atoms with Gasteiger partial charge in [0.1, 0.15) is 0 Å². The van der Waals surface area contributed by atoms with E-state index in [1.165, 1.54) is 0 Å². The summed E-state index contributed by atoms with van der Waals surface area (Å²) in [5.41, 5.74) is 0.0694. The molecule has 10 nitrogen and oxygen atoms in total. The first kappa shape index (κ1) is 47.8. The minimum atomic E-state index is -0.605. The maximum absolute atomic E-state index is 14.4. The molecule has 0 radical (unpaired) electrons. The predicted molar refractivity (Wildman–Crippen MR) is 228 cm³/mol. The van der Waals surface area contributed by atoms with Crippen LogP contribution in [0, 0.1) is 0 Å². The molecule has 3 rings (SSSR count). The number of rotatable bonds is 9. The summed E-state index contributed by atoms with van der Waals surface area (Å²) in [7, 11) is 0. The standard InChI is InChI=1S/C48H72N4O6/c1-43(2,3)31-19-28(37(53)34(22-31)40(56)49-46(10,11)12)25-52(26-29-20-32(44(4,5)6)23-35(38(29)54)41(57)50-47(13,14)15)27-30-21-33(45(7,8)9)24-36(39(30)55)42(58)51-48(16,17)18/h19-24,53-55H,25-27H2,1-18H3,(H,49,56)(H,50,57)(H,51,58)/p-3. The summed E-state index contributed by atoms with van der Waals surface area (Å²) in [5, 5.41) is 51.8. The Hall–Kier alpha value is -4.57. The van der Waals surface area contributed by atoms with Crippen LogP contribution < -0.4 is 31.3 Å². The van der Waals surface area contributed by atoms with Crippen LogP contribution in [0.2, 0.25) is 0 Å². The molecule has 10 heteroatoms. The van der Waals surface area contributed by atoms with Crippen LogP contribution in [0.5, 0.6) is 17.2 Å². The number of hydrogen-bond donors (Lipinski definition) is 3. The zero-order valence-corrected chi connectivity index (χ0v) is 38.5. The van der Waals surface area contributed by atoms with Gasteiger partial charge in [0.05, 0.1) is 0 Å². The Morgan fingerprint density at radius 3 is 0.793 bits per heavy atom. The Kier molecular flexibility index (Phi) is 13.7. The lowest BCUT2D eigenvalue weighted by atomic mass is 9.83. The van der Waals surface area contributed by atoms with Gasteiger partial charge in [-0.25, -0.2) is 0 Å². The molecule has 0 heterocycles. The van der Waals surface area contributed by atoms with Crippen LogP contribution >= 0.6 is 0 Å². The van der Waals surface area contributed by atoms with Gasteiger partial charge in [-0.2, -0.15) is 0 Å². The number of benzene rings is 3. The molecule has 0 spiro atoms. The van der Waals surface area contributed by atoms with E-state index in [-0.39, 0.29) is 36.3 Å². The Labute approximate surface area is 348 Å². The molecule has 0 aliphatic heterocycles. The lowest BCUT2D eigenvalue weighted by Crippen LogP contribution is -2.41. The zero-order chi connectivity index (χ0) is 44.7. The van der Waals surface area contributed by atoms with Crippen LogP contribution in [0.1, 0.15) is 189 Å². The largest absolute Gasteiger partial charge is 0.872 e. The van der Waals surface area contributed by atoms with E-state index in [2.05, 4.69) is 16.0 Å².